The first-order valence-electron chi connectivity index (χ1n) is 6.78. The predicted molar refractivity (Wildman–Crippen MR) is 95.4 cm³/mol. The van der Waals surface area contributed by atoms with E-state index in [0.717, 1.165) is 10.2 Å². The van der Waals surface area contributed by atoms with Crippen molar-refractivity contribution in [3.63, 3.8) is 0 Å². The van der Waals surface area contributed by atoms with Crippen molar-refractivity contribution in [3.05, 3.63) is 71.5 Å². The Labute approximate surface area is 156 Å². The number of rotatable bonds is 4. The fourth-order valence-electron chi connectivity index (χ4n) is 2.12. The highest BCUT2D eigenvalue weighted by atomic mass is 79.9. The molecule has 24 heavy (non-hydrogen) atoms. The number of nitro groups is 1. The summed E-state index contributed by atoms with van der Waals surface area (Å²) in [7, 11) is 0. The summed E-state index contributed by atoms with van der Waals surface area (Å²) in [5.74, 6) is 0.366. The van der Waals surface area contributed by atoms with E-state index in [1.54, 1.807) is 6.20 Å². The summed E-state index contributed by atoms with van der Waals surface area (Å²) in [4.78, 5) is 22.4. The van der Waals surface area contributed by atoms with Gasteiger partial charge in [-0.1, -0.05) is 37.0 Å². The molecule has 1 atom stereocenters. The number of benzene rings is 1. The SMILES string of the molecule is [C-]#[N+]C(c1ncc(Br)c(C(C)C)n1)c1c(Cl)cc([N+](=O)[O-])cc1Cl. The summed E-state index contributed by atoms with van der Waals surface area (Å²) in [6.45, 7) is 11.4. The third-order valence-corrected chi connectivity index (χ3v) is 4.49. The highest BCUT2D eigenvalue weighted by Gasteiger charge is 2.30. The third kappa shape index (κ3) is 3.66. The Kier molecular flexibility index (Phi) is 5.75. The van der Waals surface area contributed by atoms with Gasteiger partial charge in [-0.15, -0.1) is 0 Å². The van der Waals surface area contributed by atoms with Gasteiger partial charge in [-0.3, -0.25) is 15.0 Å². The number of hydrogen-bond donors (Lipinski definition) is 0. The number of hydrogen-bond acceptors (Lipinski definition) is 4. The van der Waals surface area contributed by atoms with Gasteiger partial charge in [0.25, 0.3) is 5.69 Å². The van der Waals surface area contributed by atoms with Crippen LogP contribution in [-0.4, -0.2) is 14.9 Å². The lowest BCUT2D eigenvalue weighted by Crippen LogP contribution is -2.08. The van der Waals surface area contributed by atoms with Gasteiger partial charge < -0.3 is 0 Å². The molecule has 124 valence electrons. The van der Waals surface area contributed by atoms with Crippen molar-refractivity contribution < 1.29 is 4.92 Å². The van der Waals surface area contributed by atoms with E-state index in [1.807, 2.05) is 13.8 Å². The first-order valence-corrected chi connectivity index (χ1v) is 8.33. The Bertz CT molecular complexity index is 829. The maximum absolute atomic E-state index is 10.9. The van der Waals surface area contributed by atoms with E-state index < -0.39 is 11.0 Å². The van der Waals surface area contributed by atoms with Crippen molar-refractivity contribution in [2.45, 2.75) is 25.8 Å². The van der Waals surface area contributed by atoms with Crippen LogP contribution in [0, 0.1) is 16.7 Å². The Balaban J connectivity index is 2.60. The Morgan fingerprint density at radius 2 is 1.92 bits per heavy atom. The fourth-order valence-corrected chi connectivity index (χ4v) is 3.45. The minimum atomic E-state index is -0.948. The number of halogens is 3. The average molecular weight is 430 g/mol. The molecule has 2 aromatic rings. The molecule has 1 aromatic carbocycles. The van der Waals surface area contributed by atoms with Gasteiger partial charge >= 0.3 is 6.04 Å². The van der Waals surface area contributed by atoms with Gasteiger partial charge in [0, 0.05) is 18.3 Å². The van der Waals surface area contributed by atoms with Gasteiger partial charge in [-0.2, -0.15) is 0 Å². The normalized spacial score (nSPS) is 12.0. The summed E-state index contributed by atoms with van der Waals surface area (Å²) in [6, 6.07) is 1.39. The summed E-state index contributed by atoms with van der Waals surface area (Å²) in [6.07, 6.45) is 1.57. The van der Waals surface area contributed by atoms with Crippen molar-refractivity contribution in [2.75, 3.05) is 0 Å². The smallest absolute Gasteiger partial charge is 0.300 e. The van der Waals surface area contributed by atoms with Gasteiger partial charge in [0.05, 0.1) is 30.7 Å². The van der Waals surface area contributed by atoms with Crippen molar-refractivity contribution in [1.82, 2.24) is 9.97 Å². The third-order valence-electron chi connectivity index (χ3n) is 3.26. The van der Waals surface area contributed by atoms with Gasteiger partial charge in [0.15, 0.2) is 0 Å². The number of nitro benzene ring substituents is 1. The second-order valence-corrected chi connectivity index (χ2v) is 6.90. The first-order chi connectivity index (χ1) is 11.3. The summed E-state index contributed by atoms with van der Waals surface area (Å²) >= 11 is 15.7. The van der Waals surface area contributed by atoms with Crippen LogP contribution in [0.1, 0.15) is 42.9 Å². The number of non-ortho nitro benzene ring substituents is 1. The summed E-state index contributed by atoms with van der Waals surface area (Å²) < 4.78 is 0.742. The van der Waals surface area contributed by atoms with E-state index in [-0.39, 0.29) is 33.0 Å². The van der Waals surface area contributed by atoms with Crippen LogP contribution in [0.4, 0.5) is 5.69 Å². The minimum Gasteiger partial charge on any atom is -0.300 e. The molecule has 0 fully saturated rings. The molecule has 0 amide bonds. The molecule has 0 aliphatic carbocycles. The van der Waals surface area contributed by atoms with E-state index in [1.165, 1.54) is 12.1 Å². The zero-order valence-electron chi connectivity index (χ0n) is 12.6. The Hall–Kier alpha value is -1.75. The average Bonchev–Trinajstić information content (AvgIpc) is 2.51. The molecule has 0 spiro atoms. The van der Waals surface area contributed by atoms with E-state index in [4.69, 9.17) is 29.8 Å². The molecule has 9 heteroatoms. The largest absolute Gasteiger partial charge is 0.310 e. The van der Waals surface area contributed by atoms with Crippen LogP contribution in [0.15, 0.2) is 22.8 Å². The standard InChI is InChI=1S/C15H11BrCl2N4O2/c1-7(2)13-9(16)6-20-15(21-13)14(19-3)12-10(17)4-8(22(23)24)5-11(12)18/h4-7,14H,1-2H3. The lowest BCUT2D eigenvalue weighted by molar-refractivity contribution is -0.384. The van der Waals surface area contributed by atoms with Crippen LogP contribution in [0.5, 0.6) is 0 Å². The highest BCUT2D eigenvalue weighted by Crippen LogP contribution is 2.38. The summed E-state index contributed by atoms with van der Waals surface area (Å²) in [5.41, 5.74) is 0.774. The van der Waals surface area contributed by atoms with Crippen LogP contribution in [0.3, 0.4) is 0 Å². The summed E-state index contributed by atoms with van der Waals surface area (Å²) in [5, 5.41) is 11.0. The van der Waals surface area contributed by atoms with Crippen LogP contribution < -0.4 is 0 Å². The predicted octanol–water partition coefficient (Wildman–Crippen LogP) is 5.59. The second-order valence-electron chi connectivity index (χ2n) is 5.23. The molecule has 0 N–H and O–H groups in total. The van der Waals surface area contributed by atoms with Crippen LogP contribution >= 0.6 is 39.1 Å². The molecule has 0 bridgehead atoms. The quantitative estimate of drug-likeness (QED) is 0.361. The van der Waals surface area contributed by atoms with Crippen LogP contribution in [-0.2, 0) is 0 Å². The van der Waals surface area contributed by atoms with Crippen LogP contribution in [0.2, 0.25) is 10.0 Å². The van der Waals surface area contributed by atoms with Crippen molar-refractivity contribution in [1.29, 1.82) is 0 Å². The molecule has 0 radical (unpaired) electrons. The zero-order valence-corrected chi connectivity index (χ0v) is 15.7. The van der Waals surface area contributed by atoms with Crippen molar-refractivity contribution >= 4 is 44.8 Å². The molecule has 2 rings (SSSR count). The molecule has 1 unspecified atom stereocenters. The maximum atomic E-state index is 10.9. The molecule has 0 aliphatic heterocycles. The van der Waals surface area contributed by atoms with E-state index in [9.17, 15) is 10.1 Å². The van der Waals surface area contributed by atoms with Gasteiger partial charge in [-0.25, -0.2) is 16.5 Å². The minimum absolute atomic E-state index is 0.0350. The van der Waals surface area contributed by atoms with Gasteiger partial charge in [0.2, 0.25) is 5.82 Å². The topological polar surface area (TPSA) is 73.3 Å². The van der Waals surface area contributed by atoms with Gasteiger partial charge in [0.1, 0.15) is 0 Å². The Morgan fingerprint density at radius 1 is 1.33 bits per heavy atom. The second kappa shape index (κ2) is 7.43. The number of aromatic nitrogens is 2. The molecule has 0 saturated carbocycles. The molecular formula is C15H11BrCl2N4O2. The lowest BCUT2D eigenvalue weighted by Gasteiger charge is -2.12. The Morgan fingerprint density at radius 3 is 2.38 bits per heavy atom. The van der Waals surface area contributed by atoms with Crippen LogP contribution in [0.25, 0.3) is 4.85 Å². The molecule has 1 aromatic heterocycles. The van der Waals surface area contributed by atoms with E-state index >= 15 is 0 Å². The number of nitrogens with zero attached hydrogens (tertiary/aromatic N) is 4. The first kappa shape index (κ1) is 18.6. The van der Waals surface area contributed by atoms with Gasteiger partial charge in [-0.05, 0) is 21.8 Å². The zero-order chi connectivity index (χ0) is 18.0. The molecule has 1 heterocycles. The monoisotopic (exact) mass is 428 g/mol. The van der Waals surface area contributed by atoms with Crippen molar-refractivity contribution in [2.24, 2.45) is 0 Å². The highest BCUT2D eigenvalue weighted by molar-refractivity contribution is 9.10. The van der Waals surface area contributed by atoms with Crippen molar-refractivity contribution in [3.8, 4) is 0 Å². The molecule has 6 nitrogen and oxygen atoms in total. The fraction of sp³-hybridized carbons (Fsp3) is 0.267. The lowest BCUT2D eigenvalue weighted by atomic mass is 10.0. The maximum Gasteiger partial charge on any atom is 0.310 e. The van der Waals surface area contributed by atoms with E-state index in [0.29, 0.717) is 0 Å². The molecule has 0 saturated heterocycles. The molecular weight excluding hydrogens is 419 g/mol. The van der Waals surface area contributed by atoms with E-state index in [2.05, 4.69) is 30.7 Å². The molecule has 0 aliphatic rings.